The van der Waals surface area contributed by atoms with Crippen LogP contribution in [0.2, 0.25) is 10.0 Å². The molecule has 3 heteroatoms. The predicted octanol–water partition coefficient (Wildman–Crippen LogP) is 4.98. The van der Waals surface area contributed by atoms with E-state index in [0.29, 0.717) is 22.0 Å². The van der Waals surface area contributed by atoms with Crippen molar-refractivity contribution in [2.24, 2.45) is 0 Å². The maximum absolute atomic E-state index is 12.1. The Hall–Kier alpha value is -1.31. The SMILES string of the molecule is CCc1ccc(CC(=O)c2ccc(Cl)c(Cl)c2)cc1. The van der Waals surface area contributed by atoms with Crippen LogP contribution < -0.4 is 0 Å². The molecule has 0 unspecified atom stereocenters. The molecule has 19 heavy (non-hydrogen) atoms. The summed E-state index contributed by atoms with van der Waals surface area (Å²) in [6, 6.07) is 13.1. The first-order chi connectivity index (χ1) is 9.10. The minimum Gasteiger partial charge on any atom is -0.294 e. The Bertz CT molecular complexity index is 588. The topological polar surface area (TPSA) is 17.1 Å². The molecule has 0 atom stereocenters. The fraction of sp³-hybridized carbons (Fsp3) is 0.188. The molecule has 0 aromatic heterocycles. The average molecular weight is 293 g/mol. The highest BCUT2D eigenvalue weighted by Gasteiger charge is 2.09. The summed E-state index contributed by atoms with van der Waals surface area (Å²) in [5.74, 6) is 0.0443. The highest BCUT2D eigenvalue weighted by molar-refractivity contribution is 6.42. The largest absolute Gasteiger partial charge is 0.294 e. The fourth-order valence-electron chi connectivity index (χ4n) is 1.85. The Balaban J connectivity index is 2.13. The van der Waals surface area contributed by atoms with Crippen LogP contribution in [-0.4, -0.2) is 5.78 Å². The van der Waals surface area contributed by atoms with Crippen molar-refractivity contribution in [1.82, 2.24) is 0 Å². The van der Waals surface area contributed by atoms with E-state index in [2.05, 4.69) is 19.1 Å². The van der Waals surface area contributed by atoms with Crippen LogP contribution in [0, 0.1) is 0 Å². The van der Waals surface area contributed by atoms with Crippen LogP contribution in [0.25, 0.3) is 0 Å². The quantitative estimate of drug-likeness (QED) is 0.726. The van der Waals surface area contributed by atoms with Crippen LogP contribution in [0.1, 0.15) is 28.4 Å². The third-order valence-electron chi connectivity index (χ3n) is 3.04. The maximum atomic E-state index is 12.1. The lowest BCUT2D eigenvalue weighted by molar-refractivity contribution is 0.0993. The van der Waals surface area contributed by atoms with Gasteiger partial charge >= 0.3 is 0 Å². The molecule has 1 nitrogen and oxygen atoms in total. The van der Waals surface area contributed by atoms with E-state index in [0.717, 1.165) is 12.0 Å². The summed E-state index contributed by atoms with van der Waals surface area (Å²) < 4.78 is 0. The lowest BCUT2D eigenvalue weighted by atomic mass is 10.0. The molecule has 0 aliphatic rings. The first-order valence-corrected chi connectivity index (χ1v) is 6.92. The third kappa shape index (κ3) is 3.59. The summed E-state index contributed by atoms with van der Waals surface area (Å²) in [6.07, 6.45) is 1.38. The molecule has 2 aromatic rings. The number of carbonyl (C=O) groups excluding carboxylic acids is 1. The molecule has 0 bridgehead atoms. The van der Waals surface area contributed by atoms with Crippen molar-refractivity contribution < 1.29 is 4.79 Å². The first-order valence-electron chi connectivity index (χ1n) is 6.16. The molecule has 0 fully saturated rings. The minimum atomic E-state index is 0.0443. The summed E-state index contributed by atoms with van der Waals surface area (Å²) in [5.41, 5.74) is 2.87. The summed E-state index contributed by atoms with van der Waals surface area (Å²) >= 11 is 11.8. The van der Waals surface area contributed by atoms with Gasteiger partial charge in [0.25, 0.3) is 0 Å². The highest BCUT2D eigenvalue weighted by Crippen LogP contribution is 2.23. The van der Waals surface area contributed by atoms with Gasteiger partial charge in [0.1, 0.15) is 0 Å². The van der Waals surface area contributed by atoms with Crippen molar-refractivity contribution in [3.05, 3.63) is 69.2 Å². The van der Waals surface area contributed by atoms with Gasteiger partial charge in [-0.25, -0.2) is 0 Å². The number of hydrogen-bond donors (Lipinski definition) is 0. The highest BCUT2D eigenvalue weighted by atomic mass is 35.5. The van der Waals surface area contributed by atoms with Crippen LogP contribution >= 0.6 is 23.2 Å². The zero-order valence-corrected chi connectivity index (χ0v) is 12.1. The van der Waals surface area contributed by atoms with E-state index in [-0.39, 0.29) is 5.78 Å². The molecule has 0 aliphatic carbocycles. The maximum Gasteiger partial charge on any atom is 0.167 e. The van der Waals surface area contributed by atoms with Crippen molar-refractivity contribution in [3.63, 3.8) is 0 Å². The van der Waals surface area contributed by atoms with Crippen LogP contribution in [-0.2, 0) is 12.8 Å². The minimum absolute atomic E-state index is 0.0443. The number of halogens is 2. The molecule has 2 rings (SSSR count). The van der Waals surface area contributed by atoms with E-state index < -0.39 is 0 Å². The second kappa shape index (κ2) is 6.23. The van der Waals surface area contributed by atoms with Gasteiger partial charge in [-0.15, -0.1) is 0 Å². The normalized spacial score (nSPS) is 10.5. The predicted molar refractivity (Wildman–Crippen MR) is 80.3 cm³/mol. The number of aryl methyl sites for hydroxylation is 1. The molecule has 0 heterocycles. The van der Waals surface area contributed by atoms with Gasteiger partial charge in [0.05, 0.1) is 10.0 Å². The van der Waals surface area contributed by atoms with Gasteiger partial charge in [-0.2, -0.15) is 0 Å². The smallest absolute Gasteiger partial charge is 0.167 e. The summed E-state index contributed by atoms with van der Waals surface area (Å²) in [6.45, 7) is 2.11. The lowest BCUT2D eigenvalue weighted by Crippen LogP contribution is -2.03. The van der Waals surface area contributed by atoms with E-state index in [1.54, 1.807) is 18.2 Å². The summed E-state index contributed by atoms with van der Waals surface area (Å²) in [7, 11) is 0. The van der Waals surface area contributed by atoms with Crippen LogP contribution in [0.15, 0.2) is 42.5 Å². The Morgan fingerprint density at radius 3 is 2.16 bits per heavy atom. The van der Waals surface area contributed by atoms with Gasteiger partial charge in [0, 0.05) is 12.0 Å². The van der Waals surface area contributed by atoms with Crippen molar-refractivity contribution in [3.8, 4) is 0 Å². The summed E-state index contributed by atoms with van der Waals surface area (Å²) in [5, 5.41) is 0.874. The average Bonchev–Trinajstić information content (AvgIpc) is 2.42. The molecule has 98 valence electrons. The molecular formula is C16H14Cl2O. The molecule has 0 radical (unpaired) electrons. The number of Topliss-reactive ketones (excluding diaryl/α,β-unsaturated/α-hetero) is 1. The summed E-state index contributed by atoms with van der Waals surface area (Å²) in [4.78, 5) is 12.1. The Labute approximate surface area is 123 Å². The van der Waals surface area contributed by atoms with Crippen molar-refractivity contribution in [2.45, 2.75) is 19.8 Å². The standard InChI is InChI=1S/C16H14Cl2O/c1-2-11-3-5-12(6-4-11)9-16(19)13-7-8-14(17)15(18)10-13/h3-8,10H,2,9H2,1H3. The third-order valence-corrected chi connectivity index (χ3v) is 3.78. The molecule has 2 aromatic carbocycles. The first kappa shape index (κ1) is 14.1. The fourth-order valence-corrected chi connectivity index (χ4v) is 2.15. The van der Waals surface area contributed by atoms with Crippen LogP contribution in [0.4, 0.5) is 0 Å². The molecule has 0 spiro atoms. The van der Waals surface area contributed by atoms with E-state index in [4.69, 9.17) is 23.2 Å². The van der Waals surface area contributed by atoms with Crippen LogP contribution in [0.3, 0.4) is 0 Å². The molecule has 0 amide bonds. The second-order valence-corrected chi connectivity index (χ2v) is 5.21. The zero-order valence-electron chi connectivity index (χ0n) is 10.6. The van der Waals surface area contributed by atoms with Crippen molar-refractivity contribution >= 4 is 29.0 Å². The zero-order chi connectivity index (χ0) is 13.8. The molecule has 0 N–H and O–H groups in total. The number of benzene rings is 2. The van der Waals surface area contributed by atoms with E-state index in [1.807, 2.05) is 12.1 Å². The Morgan fingerprint density at radius 1 is 0.947 bits per heavy atom. The lowest BCUT2D eigenvalue weighted by Gasteiger charge is -2.04. The number of rotatable bonds is 4. The molecule has 0 saturated carbocycles. The van der Waals surface area contributed by atoms with Gasteiger partial charge in [-0.3, -0.25) is 4.79 Å². The van der Waals surface area contributed by atoms with Gasteiger partial charge in [-0.1, -0.05) is 54.4 Å². The number of hydrogen-bond acceptors (Lipinski definition) is 1. The number of carbonyl (C=O) groups is 1. The molecule has 0 saturated heterocycles. The van der Waals surface area contributed by atoms with Gasteiger partial charge in [0.2, 0.25) is 0 Å². The van der Waals surface area contributed by atoms with Crippen LogP contribution in [0.5, 0.6) is 0 Å². The van der Waals surface area contributed by atoms with E-state index >= 15 is 0 Å². The monoisotopic (exact) mass is 292 g/mol. The molecular weight excluding hydrogens is 279 g/mol. The van der Waals surface area contributed by atoms with Gasteiger partial charge < -0.3 is 0 Å². The van der Waals surface area contributed by atoms with Gasteiger partial charge in [0.15, 0.2) is 5.78 Å². The van der Waals surface area contributed by atoms with E-state index in [1.165, 1.54) is 5.56 Å². The number of ketones is 1. The molecule has 0 aliphatic heterocycles. The Morgan fingerprint density at radius 2 is 1.58 bits per heavy atom. The second-order valence-electron chi connectivity index (χ2n) is 4.40. The Kier molecular flexibility index (Phi) is 4.62. The van der Waals surface area contributed by atoms with Gasteiger partial charge in [-0.05, 0) is 35.7 Å². The van der Waals surface area contributed by atoms with E-state index in [9.17, 15) is 4.79 Å². The van der Waals surface area contributed by atoms with Crippen molar-refractivity contribution in [1.29, 1.82) is 0 Å². The van der Waals surface area contributed by atoms with Crippen molar-refractivity contribution in [2.75, 3.05) is 0 Å².